The van der Waals surface area contributed by atoms with Crippen LogP contribution in [0.5, 0.6) is 0 Å². The van der Waals surface area contributed by atoms with Crippen molar-refractivity contribution in [2.45, 2.75) is 33.1 Å². The van der Waals surface area contributed by atoms with E-state index in [2.05, 4.69) is 15.3 Å². The highest BCUT2D eigenvalue weighted by molar-refractivity contribution is 6.30. The number of rotatable bonds is 4. The number of nitrogens with zero attached hydrogens (tertiary/aromatic N) is 3. The summed E-state index contributed by atoms with van der Waals surface area (Å²) in [7, 11) is 0. The lowest BCUT2D eigenvalue weighted by Crippen LogP contribution is -2.32. The molecule has 1 fully saturated rings. The number of hydrogen-bond acceptors (Lipinski definition) is 4. The molecular formula is C20H23ClN4O2. The number of hydrogen-bond donors (Lipinski definition) is 1. The van der Waals surface area contributed by atoms with Crippen LogP contribution in [0.1, 0.15) is 48.1 Å². The first-order chi connectivity index (χ1) is 12.8. The summed E-state index contributed by atoms with van der Waals surface area (Å²) in [6, 6.07) is 6.91. The molecule has 0 saturated carbocycles. The zero-order valence-corrected chi connectivity index (χ0v) is 16.5. The van der Waals surface area contributed by atoms with E-state index in [0.717, 1.165) is 13.0 Å². The van der Waals surface area contributed by atoms with Crippen LogP contribution in [-0.4, -0.2) is 39.8 Å². The lowest BCUT2D eigenvalue weighted by atomic mass is 10.1. The number of carbonyl (C=O) groups is 2. The van der Waals surface area contributed by atoms with Gasteiger partial charge in [0, 0.05) is 41.8 Å². The lowest BCUT2D eigenvalue weighted by molar-refractivity contribution is -0.133. The van der Waals surface area contributed by atoms with Crippen LogP contribution in [0.15, 0.2) is 30.5 Å². The molecule has 1 aromatic carbocycles. The minimum atomic E-state index is -0.260. The third-order valence-electron chi connectivity index (χ3n) is 4.70. The van der Waals surface area contributed by atoms with Crippen molar-refractivity contribution in [2.75, 3.05) is 18.4 Å². The molecule has 27 heavy (non-hydrogen) atoms. The van der Waals surface area contributed by atoms with E-state index >= 15 is 0 Å². The normalized spacial score (nSPS) is 16.6. The Morgan fingerprint density at radius 3 is 2.59 bits per heavy atom. The Kier molecular flexibility index (Phi) is 5.75. The van der Waals surface area contributed by atoms with Crippen molar-refractivity contribution >= 4 is 29.1 Å². The van der Waals surface area contributed by atoms with Gasteiger partial charge in [-0.15, -0.1) is 0 Å². The van der Waals surface area contributed by atoms with Gasteiger partial charge in [0.15, 0.2) is 0 Å². The lowest BCUT2D eigenvalue weighted by Gasteiger charge is -2.18. The molecule has 6 nitrogen and oxygen atoms in total. The number of aryl methyl sites for hydroxylation is 1. The van der Waals surface area contributed by atoms with Gasteiger partial charge in [0.1, 0.15) is 5.82 Å². The summed E-state index contributed by atoms with van der Waals surface area (Å²) in [6.07, 6.45) is 2.41. The van der Waals surface area contributed by atoms with Crippen LogP contribution in [0.4, 0.5) is 5.69 Å². The number of halogens is 1. The van der Waals surface area contributed by atoms with Gasteiger partial charge in [0.25, 0.3) is 5.91 Å². The van der Waals surface area contributed by atoms with Gasteiger partial charge in [-0.3, -0.25) is 9.59 Å². The molecule has 2 aromatic rings. The molecule has 7 heteroatoms. The molecule has 1 aromatic heterocycles. The highest BCUT2D eigenvalue weighted by Gasteiger charge is 2.30. The smallest absolute Gasteiger partial charge is 0.259 e. The molecule has 1 saturated heterocycles. The fraction of sp³-hybridized carbons (Fsp3) is 0.400. The molecular weight excluding hydrogens is 364 g/mol. The van der Waals surface area contributed by atoms with Gasteiger partial charge in [-0.2, -0.15) is 0 Å². The van der Waals surface area contributed by atoms with Crippen LogP contribution in [0.25, 0.3) is 0 Å². The van der Waals surface area contributed by atoms with E-state index in [1.807, 2.05) is 18.7 Å². The number of amides is 2. The first-order valence-corrected chi connectivity index (χ1v) is 9.42. The van der Waals surface area contributed by atoms with Crippen molar-refractivity contribution in [2.24, 2.45) is 5.92 Å². The van der Waals surface area contributed by atoms with Gasteiger partial charge in [-0.1, -0.05) is 25.4 Å². The van der Waals surface area contributed by atoms with Crippen LogP contribution in [0.3, 0.4) is 0 Å². The third-order valence-corrected chi connectivity index (χ3v) is 4.96. The second kappa shape index (κ2) is 8.05. The Hall–Kier alpha value is -2.47. The standard InChI is InChI=1S/C20H23ClN4O2/c1-12(2)20(27)25-9-8-14(11-25)18-22-10-17(13(3)23-18)19(26)24-16-6-4-15(21)5-7-16/h4-7,10,12,14H,8-9,11H2,1-3H3,(H,24,26)/t14-/m0/s1. The maximum atomic E-state index is 12.5. The highest BCUT2D eigenvalue weighted by Crippen LogP contribution is 2.26. The summed E-state index contributed by atoms with van der Waals surface area (Å²) >= 11 is 5.86. The van der Waals surface area contributed by atoms with E-state index < -0.39 is 0 Å². The van der Waals surface area contributed by atoms with Gasteiger partial charge in [-0.05, 0) is 37.6 Å². The van der Waals surface area contributed by atoms with Crippen molar-refractivity contribution in [3.05, 3.63) is 52.6 Å². The Labute approximate surface area is 164 Å². The first kappa shape index (κ1) is 19.3. The van der Waals surface area contributed by atoms with Crippen molar-refractivity contribution in [3.8, 4) is 0 Å². The Morgan fingerprint density at radius 1 is 1.26 bits per heavy atom. The van der Waals surface area contributed by atoms with Crippen molar-refractivity contribution in [1.82, 2.24) is 14.9 Å². The molecule has 3 rings (SSSR count). The van der Waals surface area contributed by atoms with Crippen molar-refractivity contribution < 1.29 is 9.59 Å². The Morgan fingerprint density at radius 2 is 1.96 bits per heavy atom. The zero-order valence-electron chi connectivity index (χ0n) is 15.7. The largest absolute Gasteiger partial charge is 0.342 e. The number of anilines is 1. The molecule has 1 aliphatic heterocycles. The average molecular weight is 387 g/mol. The highest BCUT2D eigenvalue weighted by atomic mass is 35.5. The minimum Gasteiger partial charge on any atom is -0.342 e. The van der Waals surface area contributed by atoms with E-state index in [-0.39, 0.29) is 23.7 Å². The molecule has 142 valence electrons. The Balaban J connectivity index is 1.69. The van der Waals surface area contributed by atoms with E-state index in [9.17, 15) is 9.59 Å². The molecule has 1 N–H and O–H groups in total. The summed E-state index contributed by atoms with van der Waals surface area (Å²) in [5.74, 6) is 0.692. The molecule has 2 heterocycles. The minimum absolute atomic E-state index is 0.00894. The van der Waals surface area contributed by atoms with E-state index in [0.29, 0.717) is 34.3 Å². The zero-order chi connectivity index (χ0) is 19.6. The number of benzene rings is 1. The number of aromatic nitrogens is 2. The van der Waals surface area contributed by atoms with Gasteiger partial charge in [0.2, 0.25) is 5.91 Å². The molecule has 1 aliphatic rings. The molecule has 0 aliphatic carbocycles. The SMILES string of the molecule is Cc1nc([C@H]2CCN(C(=O)C(C)C)C2)ncc1C(=O)Nc1ccc(Cl)cc1. The second-order valence-electron chi connectivity index (χ2n) is 7.11. The van der Waals surface area contributed by atoms with E-state index in [1.54, 1.807) is 37.4 Å². The van der Waals surface area contributed by atoms with E-state index in [4.69, 9.17) is 11.6 Å². The van der Waals surface area contributed by atoms with Crippen LogP contribution in [0, 0.1) is 12.8 Å². The maximum absolute atomic E-state index is 12.5. The van der Waals surface area contributed by atoms with Gasteiger partial charge in [0.05, 0.1) is 11.3 Å². The fourth-order valence-corrected chi connectivity index (χ4v) is 3.30. The number of likely N-dealkylation sites (tertiary alicyclic amines) is 1. The predicted octanol–water partition coefficient (Wildman–Crippen LogP) is 3.66. The topological polar surface area (TPSA) is 75.2 Å². The first-order valence-electron chi connectivity index (χ1n) is 9.04. The predicted molar refractivity (Wildman–Crippen MR) is 105 cm³/mol. The second-order valence-corrected chi connectivity index (χ2v) is 7.55. The van der Waals surface area contributed by atoms with Crippen LogP contribution in [0.2, 0.25) is 5.02 Å². The summed E-state index contributed by atoms with van der Waals surface area (Å²) in [4.78, 5) is 35.5. The van der Waals surface area contributed by atoms with Crippen molar-refractivity contribution in [3.63, 3.8) is 0 Å². The van der Waals surface area contributed by atoms with Gasteiger partial charge in [-0.25, -0.2) is 9.97 Å². The molecule has 0 radical (unpaired) electrons. The van der Waals surface area contributed by atoms with E-state index in [1.165, 1.54) is 0 Å². The Bertz CT molecular complexity index is 852. The van der Waals surface area contributed by atoms with Crippen LogP contribution < -0.4 is 5.32 Å². The summed E-state index contributed by atoms with van der Waals surface area (Å²) in [5.41, 5.74) is 1.72. The van der Waals surface area contributed by atoms with Crippen LogP contribution >= 0.6 is 11.6 Å². The molecule has 0 unspecified atom stereocenters. The number of carbonyl (C=O) groups excluding carboxylic acids is 2. The maximum Gasteiger partial charge on any atom is 0.259 e. The molecule has 0 spiro atoms. The van der Waals surface area contributed by atoms with Crippen molar-refractivity contribution in [1.29, 1.82) is 0 Å². The number of nitrogens with one attached hydrogen (secondary N) is 1. The summed E-state index contributed by atoms with van der Waals surface area (Å²) < 4.78 is 0. The molecule has 2 amide bonds. The molecule has 0 bridgehead atoms. The van der Waals surface area contributed by atoms with Gasteiger partial charge >= 0.3 is 0 Å². The molecule has 1 atom stereocenters. The van der Waals surface area contributed by atoms with Gasteiger partial charge < -0.3 is 10.2 Å². The summed E-state index contributed by atoms with van der Waals surface area (Å²) in [6.45, 7) is 6.97. The summed E-state index contributed by atoms with van der Waals surface area (Å²) in [5, 5.41) is 3.43. The third kappa shape index (κ3) is 4.45. The monoisotopic (exact) mass is 386 g/mol. The fourth-order valence-electron chi connectivity index (χ4n) is 3.17. The van der Waals surface area contributed by atoms with Crippen LogP contribution in [-0.2, 0) is 4.79 Å². The average Bonchev–Trinajstić information content (AvgIpc) is 3.12. The quantitative estimate of drug-likeness (QED) is 0.869.